The maximum absolute atomic E-state index is 12.6. The molecule has 28 heavy (non-hydrogen) atoms. The zero-order valence-electron chi connectivity index (χ0n) is 14.9. The highest BCUT2D eigenvalue weighted by molar-refractivity contribution is 5.94. The van der Waals surface area contributed by atoms with Gasteiger partial charge in [0.25, 0.3) is 5.91 Å². The Bertz CT molecular complexity index is 970. The van der Waals surface area contributed by atoms with E-state index >= 15 is 0 Å². The number of aromatic nitrogens is 2. The number of hydrogen-bond acceptors (Lipinski definition) is 4. The molecule has 0 saturated heterocycles. The van der Waals surface area contributed by atoms with Crippen molar-refractivity contribution >= 4 is 11.7 Å². The summed E-state index contributed by atoms with van der Waals surface area (Å²) in [6.07, 6.45) is -1.36. The van der Waals surface area contributed by atoms with E-state index < -0.39 is 11.7 Å². The van der Waals surface area contributed by atoms with Gasteiger partial charge in [-0.2, -0.15) is 13.2 Å². The van der Waals surface area contributed by atoms with Crippen LogP contribution in [0.25, 0.3) is 11.3 Å². The van der Waals surface area contributed by atoms with Crippen molar-refractivity contribution in [2.24, 2.45) is 0 Å². The molecule has 1 amide bonds. The van der Waals surface area contributed by atoms with Crippen LogP contribution in [0.3, 0.4) is 0 Å². The number of carbonyl (C=O) groups is 1. The number of anilines is 1. The van der Waals surface area contributed by atoms with E-state index in [4.69, 9.17) is 5.73 Å². The molecule has 0 aliphatic rings. The Morgan fingerprint density at radius 3 is 2.25 bits per heavy atom. The highest BCUT2D eigenvalue weighted by Crippen LogP contribution is 2.29. The lowest BCUT2D eigenvalue weighted by Gasteiger charge is -2.18. The lowest BCUT2D eigenvalue weighted by Crippen LogP contribution is -2.26. The van der Waals surface area contributed by atoms with E-state index in [9.17, 15) is 18.0 Å². The van der Waals surface area contributed by atoms with Crippen molar-refractivity contribution in [3.8, 4) is 11.3 Å². The molecular formula is C20H17F3N4O. The summed E-state index contributed by atoms with van der Waals surface area (Å²) in [6, 6.07) is 11.6. The number of nitrogen functional groups attached to an aromatic ring is 1. The molecule has 0 atom stereocenters. The number of alkyl halides is 3. The normalized spacial score (nSPS) is 11.3. The molecule has 2 aromatic carbocycles. The number of carbonyl (C=O) groups excluding carboxylic acids is 1. The van der Waals surface area contributed by atoms with Crippen LogP contribution >= 0.6 is 0 Å². The molecule has 0 bridgehead atoms. The van der Waals surface area contributed by atoms with Crippen LogP contribution in [0.1, 0.15) is 21.5 Å². The minimum Gasteiger partial charge on any atom is -0.382 e. The van der Waals surface area contributed by atoms with Crippen molar-refractivity contribution in [1.82, 2.24) is 14.9 Å². The van der Waals surface area contributed by atoms with Crippen molar-refractivity contribution in [3.63, 3.8) is 0 Å². The zero-order valence-corrected chi connectivity index (χ0v) is 14.9. The van der Waals surface area contributed by atoms with Gasteiger partial charge < -0.3 is 10.6 Å². The van der Waals surface area contributed by atoms with E-state index in [1.165, 1.54) is 23.2 Å². The van der Waals surface area contributed by atoms with Crippen molar-refractivity contribution in [2.45, 2.75) is 12.7 Å². The molecule has 0 saturated carbocycles. The summed E-state index contributed by atoms with van der Waals surface area (Å²) in [5, 5.41) is 0. The van der Waals surface area contributed by atoms with Gasteiger partial charge in [0.1, 0.15) is 5.82 Å². The average molecular weight is 386 g/mol. The fraction of sp³-hybridized carbons (Fsp3) is 0.150. The molecule has 0 fully saturated rings. The third-order valence-corrected chi connectivity index (χ3v) is 4.13. The number of hydrogen-bond donors (Lipinski definition) is 1. The second-order valence-electron chi connectivity index (χ2n) is 6.26. The van der Waals surface area contributed by atoms with Crippen LogP contribution in [-0.2, 0) is 12.7 Å². The predicted molar refractivity (Wildman–Crippen MR) is 99.1 cm³/mol. The number of nitrogens with zero attached hydrogens (tertiary/aromatic N) is 3. The lowest BCUT2D eigenvalue weighted by atomic mass is 10.1. The van der Waals surface area contributed by atoms with Gasteiger partial charge in [-0.25, -0.2) is 4.98 Å². The van der Waals surface area contributed by atoms with Gasteiger partial charge in [-0.3, -0.25) is 9.78 Å². The van der Waals surface area contributed by atoms with Crippen molar-refractivity contribution in [1.29, 1.82) is 0 Å². The van der Waals surface area contributed by atoms with Gasteiger partial charge in [0, 0.05) is 24.7 Å². The largest absolute Gasteiger partial charge is 0.416 e. The number of nitrogens with two attached hydrogens (primary N) is 1. The molecule has 0 aliphatic heterocycles. The topological polar surface area (TPSA) is 72.1 Å². The first-order chi connectivity index (χ1) is 13.2. The maximum Gasteiger partial charge on any atom is 0.416 e. The molecule has 2 N–H and O–H groups in total. The van der Waals surface area contributed by atoms with Gasteiger partial charge >= 0.3 is 6.18 Å². The van der Waals surface area contributed by atoms with Crippen LogP contribution in [0.5, 0.6) is 0 Å². The number of halogens is 3. The van der Waals surface area contributed by atoms with Crippen molar-refractivity contribution in [2.75, 3.05) is 12.8 Å². The summed E-state index contributed by atoms with van der Waals surface area (Å²) < 4.78 is 37.9. The first kappa shape index (κ1) is 19.3. The quantitative estimate of drug-likeness (QED) is 0.735. The van der Waals surface area contributed by atoms with Crippen LogP contribution < -0.4 is 5.73 Å². The molecule has 3 rings (SSSR count). The molecule has 5 nitrogen and oxygen atoms in total. The fourth-order valence-electron chi connectivity index (χ4n) is 2.67. The van der Waals surface area contributed by atoms with Gasteiger partial charge in [0.15, 0.2) is 0 Å². The molecule has 0 radical (unpaired) electrons. The van der Waals surface area contributed by atoms with Crippen molar-refractivity contribution in [3.05, 3.63) is 77.6 Å². The fourth-order valence-corrected chi connectivity index (χ4v) is 2.67. The molecule has 0 unspecified atom stereocenters. The molecular weight excluding hydrogens is 369 g/mol. The molecule has 1 heterocycles. The average Bonchev–Trinajstić information content (AvgIpc) is 2.67. The Morgan fingerprint density at radius 2 is 1.68 bits per heavy atom. The van der Waals surface area contributed by atoms with Gasteiger partial charge in [-0.15, -0.1) is 0 Å². The standard InChI is InChI=1S/C20H17F3N4O/c1-27(12-13-2-8-16(9-3-13)20(21,22)23)19(28)15-6-4-14(5-7-15)17-10-25-11-18(24)26-17/h2-11H,12H2,1H3,(H2,24,26). The van der Waals surface area contributed by atoms with E-state index in [2.05, 4.69) is 9.97 Å². The second-order valence-corrected chi connectivity index (χ2v) is 6.26. The lowest BCUT2D eigenvalue weighted by molar-refractivity contribution is -0.137. The van der Waals surface area contributed by atoms with E-state index in [0.29, 0.717) is 22.6 Å². The van der Waals surface area contributed by atoms with Crippen LogP contribution in [0.4, 0.5) is 19.0 Å². The molecule has 0 aliphatic carbocycles. The van der Waals surface area contributed by atoms with E-state index in [-0.39, 0.29) is 12.5 Å². The highest BCUT2D eigenvalue weighted by Gasteiger charge is 2.30. The minimum absolute atomic E-state index is 0.194. The maximum atomic E-state index is 12.6. The monoisotopic (exact) mass is 386 g/mol. The summed E-state index contributed by atoms with van der Waals surface area (Å²) >= 11 is 0. The number of amides is 1. The number of rotatable bonds is 4. The summed E-state index contributed by atoms with van der Waals surface area (Å²) in [7, 11) is 1.59. The Labute approximate surface area is 159 Å². The zero-order chi connectivity index (χ0) is 20.3. The molecule has 0 spiro atoms. The second kappa shape index (κ2) is 7.67. The van der Waals surface area contributed by atoms with Gasteiger partial charge in [0.05, 0.1) is 23.7 Å². The SMILES string of the molecule is CN(Cc1ccc(C(F)(F)F)cc1)C(=O)c1ccc(-c2cncc(N)n2)cc1. The number of benzene rings is 2. The molecule has 144 valence electrons. The molecule has 8 heteroatoms. The highest BCUT2D eigenvalue weighted by atomic mass is 19.4. The van der Waals surface area contributed by atoms with Gasteiger partial charge in [0.2, 0.25) is 0 Å². The first-order valence-corrected chi connectivity index (χ1v) is 8.33. The predicted octanol–water partition coefficient (Wildman–Crippen LogP) is 4.02. The third-order valence-electron chi connectivity index (χ3n) is 4.13. The molecule has 3 aromatic rings. The summed E-state index contributed by atoms with van der Waals surface area (Å²) in [5.41, 5.74) is 7.33. The first-order valence-electron chi connectivity index (χ1n) is 8.33. The Morgan fingerprint density at radius 1 is 1.04 bits per heavy atom. The van der Waals surface area contributed by atoms with Crippen LogP contribution in [0, 0.1) is 0 Å². The smallest absolute Gasteiger partial charge is 0.382 e. The van der Waals surface area contributed by atoms with Crippen LogP contribution in [0.15, 0.2) is 60.9 Å². The van der Waals surface area contributed by atoms with Crippen LogP contribution in [0.2, 0.25) is 0 Å². The van der Waals surface area contributed by atoms with Gasteiger partial charge in [-0.05, 0) is 29.8 Å². The van der Waals surface area contributed by atoms with Gasteiger partial charge in [-0.1, -0.05) is 24.3 Å². The molecule has 1 aromatic heterocycles. The summed E-state index contributed by atoms with van der Waals surface area (Å²) in [4.78, 5) is 22.2. The van der Waals surface area contributed by atoms with E-state index in [0.717, 1.165) is 17.7 Å². The Hall–Kier alpha value is -3.42. The van der Waals surface area contributed by atoms with E-state index in [1.807, 2.05) is 0 Å². The third kappa shape index (κ3) is 4.46. The Kier molecular flexibility index (Phi) is 5.30. The van der Waals surface area contributed by atoms with Crippen LogP contribution in [-0.4, -0.2) is 27.8 Å². The summed E-state index contributed by atoms with van der Waals surface area (Å²) in [5.74, 6) is 0.0547. The Balaban J connectivity index is 1.69. The summed E-state index contributed by atoms with van der Waals surface area (Å²) in [6.45, 7) is 0.194. The minimum atomic E-state index is -4.38. The van der Waals surface area contributed by atoms with Crippen molar-refractivity contribution < 1.29 is 18.0 Å². The van der Waals surface area contributed by atoms with E-state index in [1.54, 1.807) is 37.5 Å².